The monoisotopic (exact) mass is 479 g/mol. The topological polar surface area (TPSA) is 102 Å². The summed E-state index contributed by atoms with van der Waals surface area (Å²) in [5.41, 5.74) is 3.62. The minimum absolute atomic E-state index is 0.470. The molecule has 0 aliphatic heterocycles. The van der Waals surface area contributed by atoms with Crippen LogP contribution in [0.25, 0.3) is 11.5 Å². The van der Waals surface area contributed by atoms with Crippen molar-refractivity contribution >= 4 is 29.2 Å². The van der Waals surface area contributed by atoms with Crippen molar-refractivity contribution in [3.63, 3.8) is 0 Å². The van der Waals surface area contributed by atoms with E-state index in [1.54, 1.807) is 0 Å². The first-order valence-corrected chi connectivity index (χ1v) is 8.64. The van der Waals surface area contributed by atoms with E-state index >= 15 is 0 Å². The smallest absolute Gasteiger partial charge is 0.396 e. The van der Waals surface area contributed by atoms with Gasteiger partial charge in [-0.15, -0.1) is 0 Å². The van der Waals surface area contributed by atoms with E-state index in [1.165, 1.54) is 0 Å². The molecule has 0 bridgehead atoms. The van der Waals surface area contributed by atoms with E-state index in [2.05, 4.69) is 19.9 Å². The first-order chi connectivity index (χ1) is 14.1. The van der Waals surface area contributed by atoms with Crippen LogP contribution in [0.2, 0.25) is 5.15 Å². The molecule has 2 rings (SSSR count). The lowest BCUT2D eigenvalue weighted by molar-refractivity contribution is -0.139. The number of halogens is 9. The standard InChI is InChI=1S/C15H14ClF8N7/c1-4(14(19,20)21)26-12-29-11(30-13(31-12)27-5(2)15(22,23)24)7-3-6(10(17)18)8(25)9(16)28-7/h3-5,10H,25H2,1-2H3,(H2,26,27,29,30,31)/t4-,5-/m1/s1. The number of nitrogens with one attached hydrogen (secondary N) is 2. The molecule has 0 saturated carbocycles. The van der Waals surface area contributed by atoms with Gasteiger partial charge < -0.3 is 16.4 Å². The van der Waals surface area contributed by atoms with Crippen molar-refractivity contribution in [2.45, 2.75) is 44.7 Å². The molecule has 0 fully saturated rings. The summed E-state index contributed by atoms with van der Waals surface area (Å²) in [6.07, 6.45) is -12.6. The van der Waals surface area contributed by atoms with E-state index in [4.69, 9.17) is 17.3 Å². The maximum absolute atomic E-state index is 13.2. The fourth-order valence-corrected chi connectivity index (χ4v) is 2.21. The van der Waals surface area contributed by atoms with Crippen LogP contribution in [0.3, 0.4) is 0 Å². The van der Waals surface area contributed by atoms with Gasteiger partial charge in [0.1, 0.15) is 17.8 Å². The van der Waals surface area contributed by atoms with E-state index in [9.17, 15) is 35.1 Å². The second-order valence-corrected chi connectivity index (χ2v) is 6.58. The molecule has 2 heterocycles. The highest BCUT2D eigenvalue weighted by atomic mass is 35.5. The highest BCUT2D eigenvalue weighted by molar-refractivity contribution is 6.32. The number of rotatable bonds is 6. The van der Waals surface area contributed by atoms with Crippen LogP contribution in [0, 0.1) is 0 Å². The molecule has 172 valence electrons. The second-order valence-electron chi connectivity index (χ2n) is 6.22. The van der Waals surface area contributed by atoms with Gasteiger partial charge in [-0.2, -0.15) is 41.3 Å². The number of aromatic nitrogens is 4. The number of pyridine rings is 1. The molecule has 31 heavy (non-hydrogen) atoms. The van der Waals surface area contributed by atoms with Gasteiger partial charge in [0, 0.05) is 5.56 Å². The number of hydrogen-bond donors (Lipinski definition) is 3. The predicted molar refractivity (Wildman–Crippen MR) is 95.7 cm³/mol. The Morgan fingerprint density at radius 1 is 0.871 bits per heavy atom. The van der Waals surface area contributed by atoms with Crippen LogP contribution < -0.4 is 16.4 Å². The van der Waals surface area contributed by atoms with Crippen molar-refractivity contribution in [1.29, 1.82) is 0 Å². The van der Waals surface area contributed by atoms with Gasteiger partial charge in [0.25, 0.3) is 6.43 Å². The molecule has 0 amide bonds. The molecule has 0 radical (unpaired) electrons. The van der Waals surface area contributed by atoms with Gasteiger partial charge in [0.15, 0.2) is 11.0 Å². The molecule has 4 N–H and O–H groups in total. The molecule has 0 aromatic carbocycles. The summed E-state index contributed by atoms with van der Waals surface area (Å²) in [5, 5.41) is 3.15. The fourth-order valence-electron chi connectivity index (χ4n) is 2.01. The average molecular weight is 480 g/mol. The van der Waals surface area contributed by atoms with Gasteiger partial charge >= 0.3 is 12.4 Å². The Labute approximate surface area is 174 Å². The highest BCUT2D eigenvalue weighted by Crippen LogP contribution is 2.33. The molecule has 0 spiro atoms. The zero-order valence-corrected chi connectivity index (χ0v) is 16.3. The van der Waals surface area contributed by atoms with E-state index in [0.29, 0.717) is 13.8 Å². The minimum atomic E-state index is -4.74. The number of alkyl halides is 8. The molecule has 16 heteroatoms. The van der Waals surface area contributed by atoms with Crippen molar-refractivity contribution < 1.29 is 35.1 Å². The maximum Gasteiger partial charge on any atom is 0.408 e. The number of nitrogens with zero attached hydrogens (tertiary/aromatic N) is 4. The van der Waals surface area contributed by atoms with Crippen LogP contribution in [-0.2, 0) is 0 Å². The lowest BCUT2D eigenvalue weighted by atomic mass is 10.2. The van der Waals surface area contributed by atoms with Crippen molar-refractivity contribution in [2.24, 2.45) is 0 Å². The van der Waals surface area contributed by atoms with Crippen LogP contribution >= 0.6 is 11.6 Å². The SMILES string of the molecule is C[C@@H](Nc1nc(N[C@H](C)C(F)(F)F)nc(-c2cc(C(F)F)c(N)c(Cl)n2)n1)C(F)(F)F. The molecular formula is C15H14ClF8N7. The summed E-state index contributed by atoms with van der Waals surface area (Å²) >= 11 is 5.71. The zero-order valence-electron chi connectivity index (χ0n) is 15.6. The molecule has 0 unspecified atom stereocenters. The van der Waals surface area contributed by atoms with Gasteiger partial charge in [-0.3, -0.25) is 0 Å². The first kappa shape index (κ1) is 24.6. The summed E-state index contributed by atoms with van der Waals surface area (Å²) < 4.78 is 103. The summed E-state index contributed by atoms with van der Waals surface area (Å²) in [4.78, 5) is 14.4. The van der Waals surface area contributed by atoms with Gasteiger partial charge in [0.2, 0.25) is 11.9 Å². The van der Waals surface area contributed by atoms with Gasteiger partial charge in [-0.1, -0.05) is 11.6 Å². The third kappa shape index (κ3) is 6.15. The van der Waals surface area contributed by atoms with E-state index < -0.39 is 70.7 Å². The summed E-state index contributed by atoms with van der Waals surface area (Å²) in [7, 11) is 0. The van der Waals surface area contributed by atoms with E-state index in [-0.39, 0.29) is 0 Å². The Hall–Kier alpha value is -2.71. The van der Waals surface area contributed by atoms with Crippen molar-refractivity contribution in [1.82, 2.24) is 19.9 Å². The number of nitrogen functional groups attached to an aromatic ring is 1. The number of hydrogen-bond acceptors (Lipinski definition) is 7. The van der Waals surface area contributed by atoms with Crippen LogP contribution in [0.15, 0.2) is 6.07 Å². The summed E-state index contributed by atoms with van der Waals surface area (Å²) in [5.74, 6) is -2.17. The second kappa shape index (κ2) is 8.80. The Morgan fingerprint density at radius 2 is 1.32 bits per heavy atom. The van der Waals surface area contributed by atoms with Gasteiger partial charge in [0.05, 0.1) is 5.69 Å². The Balaban J connectivity index is 2.58. The van der Waals surface area contributed by atoms with Gasteiger partial charge in [-0.05, 0) is 19.9 Å². The Morgan fingerprint density at radius 3 is 1.71 bits per heavy atom. The lowest BCUT2D eigenvalue weighted by Crippen LogP contribution is -2.35. The summed E-state index contributed by atoms with van der Waals surface area (Å²) in [6.45, 7) is 1.42. The van der Waals surface area contributed by atoms with E-state index in [1.807, 2.05) is 10.6 Å². The third-order valence-corrected chi connectivity index (χ3v) is 4.11. The van der Waals surface area contributed by atoms with Crippen molar-refractivity contribution in [2.75, 3.05) is 16.4 Å². The van der Waals surface area contributed by atoms with E-state index in [0.717, 1.165) is 6.07 Å². The first-order valence-electron chi connectivity index (χ1n) is 8.26. The molecule has 2 aromatic rings. The third-order valence-electron chi connectivity index (χ3n) is 3.82. The number of nitrogens with two attached hydrogens (primary N) is 1. The highest BCUT2D eigenvalue weighted by Gasteiger charge is 2.38. The normalized spacial score (nSPS) is 14.5. The molecule has 2 aromatic heterocycles. The van der Waals surface area contributed by atoms with Crippen LogP contribution in [0.4, 0.5) is 52.7 Å². The molecule has 7 nitrogen and oxygen atoms in total. The quantitative estimate of drug-likeness (QED) is 0.403. The molecule has 0 aliphatic rings. The fraction of sp³-hybridized carbons (Fsp3) is 0.467. The number of anilines is 3. The van der Waals surface area contributed by atoms with Crippen molar-refractivity contribution in [3.8, 4) is 11.5 Å². The van der Waals surface area contributed by atoms with Crippen LogP contribution in [-0.4, -0.2) is 44.4 Å². The summed E-state index contributed by atoms with van der Waals surface area (Å²) in [6, 6.07) is -3.68. The maximum atomic E-state index is 13.2. The van der Waals surface area contributed by atoms with Crippen LogP contribution in [0.1, 0.15) is 25.8 Å². The Kier molecular flexibility index (Phi) is 6.97. The minimum Gasteiger partial charge on any atom is -0.396 e. The average Bonchev–Trinajstić information content (AvgIpc) is 2.61. The molecule has 0 aliphatic carbocycles. The largest absolute Gasteiger partial charge is 0.408 e. The molecule has 0 saturated heterocycles. The van der Waals surface area contributed by atoms with Crippen LogP contribution in [0.5, 0.6) is 0 Å². The Bertz CT molecular complexity index is 895. The van der Waals surface area contributed by atoms with Gasteiger partial charge in [-0.25, -0.2) is 13.8 Å². The molecule has 2 atom stereocenters. The molecular weight excluding hydrogens is 466 g/mol. The zero-order chi connectivity index (χ0) is 23.7. The predicted octanol–water partition coefficient (Wildman–Crippen LogP) is 4.83. The van der Waals surface area contributed by atoms with Crippen molar-refractivity contribution in [3.05, 3.63) is 16.8 Å². The lowest BCUT2D eigenvalue weighted by Gasteiger charge is -2.20.